The zero-order chi connectivity index (χ0) is 18.1. The van der Waals surface area contributed by atoms with Crippen LogP contribution in [0.15, 0.2) is 59.1 Å². The number of amides is 2. The number of halogens is 1. The molecule has 1 aliphatic rings. The number of fused-ring (bicyclic) bond motifs is 1. The molecule has 2 aromatic carbocycles. The molecule has 3 aromatic rings. The fourth-order valence-corrected chi connectivity index (χ4v) is 3.00. The van der Waals surface area contributed by atoms with Gasteiger partial charge in [0, 0.05) is 15.7 Å². The van der Waals surface area contributed by atoms with Gasteiger partial charge in [-0.1, -0.05) is 46.3 Å². The first kappa shape index (κ1) is 16.5. The molecule has 1 aromatic heterocycles. The third-order valence-electron chi connectivity index (χ3n) is 4.00. The van der Waals surface area contributed by atoms with Crippen molar-refractivity contribution in [1.29, 1.82) is 0 Å². The predicted octanol–water partition coefficient (Wildman–Crippen LogP) is 3.23. The first-order chi connectivity index (χ1) is 12.6. The molecular formula is C18H14BrN5O2. The van der Waals surface area contributed by atoms with Crippen molar-refractivity contribution in [3.8, 4) is 11.4 Å². The Kier molecular flexibility index (Phi) is 4.26. The summed E-state index contributed by atoms with van der Waals surface area (Å²) in [6, 6.07) is 16.0. The van der Waals surface area contributed by atoms with Gasteiger partial charge in [0.05, 0.1) is 6.42 Å². The molecule has 26 heavy (non-hydrogen) atoms. The number of nitrogens with zero attached hydrogens (tertiary/aromatic N) is 3. The Bertz CT molecular complexity index is 969. The second kappa shape index (κ2) is 6.72. The molecule has 8 heteroatoms. The molecule has 7 nitrogen and oxygen atoms in total. The summed E-state index contributed by atoms with van der Waals surface area (Å²) in [5.41, 5.74) is 1.52. The van der Waals surface area contributed by atoms with E-state index in [1.807, 2.05) is 42.5 Å². The maximum Gasteiger partial charge on any atom is 0.252 e. The minimum Gasteiger partial charge on any atom is -0.326 e. The van der Waals surface area contributed by atoms with Gasteiger partial charge < -0.3 is 5.32 Å². The number of aromatic nitrogens is 3. The van der Waals surface area contributed by atoms with Crippen LogP contribution in [-0.2, 0) is 9.59 Å². The SMILES string of the molecule is O=C(CC1C(=O)Nc2nc(-c3ccccc3)nn21)Nc1ccc(Br)cc1. The molecule has 0 radical (unpaired) electrons. The lowest BCUT2D eigenvalue weighted by Gasteiger charge is -2.10. The topological polar surface area (TPSA) is 88.9 Å². The van der Waals surface area contributed by atoms with E-state index in [1.165, 1.54) is 4.68 Å². The van der Waals surface area contributed by atoms with Crippen LogP contribution in [0.3, 0.4) is 0 Å². The van der Waals surface area contributed by atoms with Crippen LogP contribution in [0.25, 0.3) is 11.4 Å². The summed E-state index contributed by atoms with van der Waals surface area (Å²) in [5.74, 6) is 0.317. The number of carbonyl (C=O) groups is 2. The number of hydrogen-bond donors (Lipinski definition) is 2. The fourth-order valence-electron chi connectivity index (χ4n) is 2.74. The molecule has 0 spiro atoms. The van der Waals surface area contributed by atoms with E-state index in [9.17, 15) is 9.59 Å². The largest absolute Gasteiger partial charge is 0.326 e. The summed E-state index contributed by atoms with van der Waals surface area (Å²) < 4.78 is 2.40. The summed E-state index contributed by atoms with van der Waals surface area (Å²) >= 11 is 3.35. The van der Waals surface area contributed by atoms with Gasteiger partial charge in [-0.3, -0.25) is 14.9 Å². The average Bonchev–Trinajstić information content (AvgIpc) is 3.17. The Balaban J connectivity index is 1.51. The molecule has 0 fully saturated rings. The Morgan fingerprint density at radius 1 is 1.15 bits per heavy atom. The van der Waals surface area contributed by atoms with Crippen molar-refractivity contribution in [2.75, 3.05) is 10.6 Å². The van der Waals surface area contributed by atoms with Crippen molar-refractivity contribution in [2.45, 2.75) is 12.5 Å². The lowest BCUT2D eigenvalue weighted by molar-refractivity contribution is -0.123. The molecular weight excluding hydrogens is 398 g/mol. The van der Waals surface area contributed by atoms with E-state index in [4.69, 9.17) is 0 Å². The summed E-state index contributed by atoms with van der Waals surface area (Å²) in [7, 11) is 0. The zero-order valence-corrected chi connectivity index (χ0v) is 15.1. The Morgan fingerprint density at radius 2 is 1.88 bits per heavy atom. The molecule has 2 heterocycles. The van der Waals surface area contributed by atoms with Gasteiger partial charge in [0.1, 0.15) is 6.04 Å². The number of anilines is 2. The summed E-state index contributed by atoms with van der Waals surface area (Å²) in [6.45, 7) is 0. The van der Waals surface area contributed by atoms with Gasteiger partial charge in [-0.15, -0.1) is 5.10 Å². The Morgan fingerprint density at radius 3 is 2.62 bits per heavy atom. The minimum absolute atomic E-state index is 0.0213. The van der Waals surface area contributed by atoms with Gasteiger partial charge in [-0.05, 0) is 24.3 Å². The molecule has 2 amide bonds. The highest BCUT2D eigenvalue weighted by atomic mass is 79.9. The van der Waals surface area contributed by atoms with Crippen LogP contribution in [0.2, 0.25) is 0 Å². The van der Waals surface area contributed by atoms with E-state index in [1.54, 1.807) is 12.1 Å². The summed E-state index contributed by atoms with van der Waals surface area (Å²) in [4.78, 5) is 28.8. The van der Waals surface area contributed by atoms with Crippen LogP contribution in [0.1, 0.15) is 12.5 Å². The Hall–Kier alpha value is -3.00. The normalized spacial score (nSPS) is 15.4. The average molecular weight is 412 g/mol. The van der Waals surface area contributed by atoms with Crippen molar-refractivity contribution >= 4 is 39.4 Å². The second-order valence-corrected chi connectivity index (χ2v) is 6.75. The molecule has 0 saturated carbocycles. The number of benzene rings is 2. The second-order valence-electron chi connectivity index (χ2n) is 5.83. The number of carbonyl (C=O) groups excluding carboxylic acids is 2. The molecule has 130 valence electrons. The maximum absolute atomic E-state index is 12.3. The van der Waals surface area contributed by atoms with E-state index in [0.29, 0.717) is 17.5 Å². The van der Waals surface area contributed by atoms with Crippen molar-refractivity contribution in [3.05, 3.63) is 59.1 Å². The summed E-state index contributed by atoms with van der Waals surface area (Å²) in [5, 5.41) is 9.86. The highest BCUT2D eigenvalue weighted by Gasteiger charge is 2.35. The van der Waals surface area contributed by atoms with Crippen molar-refractivity contribution < 1.29 is 9.59 Å². The quantitative estimate of drug-likeness (QED) is 0.689. The lowest BCUT2D eigenvalue weighted by Crippen LogP contribution is -2.23. The van der Waals surface area contributed by atoms with Crippen LogP contribution in [0, 0.1) is 0 Å². The first-order valence-electron chi connectivity index (χ1n) is 7.98. The van der Waals surface area contributed by atoms with Crippen LogP contribution in [0.5, 0.6) is 0 Å². The molecule has 2 N–H and O–H groups in total. The van der Waals surface area contributed by atoms with Crippen molar-refractivity contribution in [3.63, 3.8) is 0 Å². The monoisotopic (exact) mass is 411 g/mol. The molecule has 0 saturated heterocycles. The third kappa shape index (κ3) is 3.23. The highest BCUT2D eigenvalue weighted by Crippen LogP contribution is 2.28. The minimum atomic E-state index is -0.717. The van der Waals surface area contributed by atoms with E-state index < -0.39 is 6.04 Å². The van der Waals surface area contributed by atoms with Crippen LogP contribution < -0.4 is 10.6 Å². The molecule has 0 aliphatic carbocycles. The van der Waals surface area contributed by atoms with Gasteiger partial charge in [0.2, 0.25) is 11.9 Å². The van der Waals surface area contributed by atoms with Crippen molar-refractivity contribution in [1.82, 2.24) is 14.8 Å². The smallest absolute Gasteiger partial charge is 0.252 e. The number of rotatable bonds is 4. The van der Waals surface area contributed by atoms with Gasteiger partial charge in [-0.2, -0.15) is 4.98 Å². The standard InChI is InChI=1S/C18H14BrN5O2/c19-12-6-8-13(9-7-12)20-15(25)10-14-17(26)22-18-21-16(23-24(14)18)11-4-2-1-3-5-11/h1-9,14H,10H2,(H,20,25)(H,21,22,23,26). The van der Waals surface area contributed by atoms with E-state index >= 15 is 0 Å². The molecule has 1 atom stereocenters. The predicted molar refractivity (Wildman–Crippen MR) is 101 cm³/mol. The number of nitrogens with one attached hydrogen (secondary N) is 2. The van der Waals surface area contributed by atoms with E-state index in [2.05, 4.69) is 36.6 Å². The van der Waals surface area contributed by atoms with E-state index in [0.717, 1.165) is 10.0 Å². The highest BCUT2D eigenvalue weighted by molar-refractivity contribution is 9.10. The molecule has 1 unspecified atom stereocenters. The van der Waals surface area contributed by atoms with Gasteiger partial charge in [0.15, 0.2) is 5.82 Å². The van der Waals surface area contributed by atoms with Crippen LogP contribution >= 0.6 is 15.9 Å². The van der Waals surface area contributed by atoms with Crippen LogP contribution in [0.4, 0.5) is 11.6 Å². The summed E-state index contributed by atoms with van der Waals surface area (Å²) in [6.07, 6.45) is -0.0213. The van der Waals surface area contributed by atoms with E-state index in [-0.39, 0.29) is 18.2 Å². The fraction of sp³-hybridized carbons (Fsp3) is 0.111. The molecule has 0 bridgehead atoms. The molecule has 1 aliphatic heterocycles. The first-order valence-corrected chi connectivity index (χ1v) is 8.78. The number of hydrogen-bond acceptors (Lipinski definition) is 4. The zero-order valence-electron chi connectivity index (χ0n) is 13.5. The van der Waals surface area contributed by atoms with Gasteiger partial charge in [-0.25, -0.2) is 4.68 Å². The van der Waals surface area contributed by atoms with Crippen LogP contribution in [-0.4, -0.2) is 26.6 Å². The maximum atomic E-state index is 12.3. The van der Waals surface area contributed by atoms with Crippen molar-refractivity contribution in [2.24, 2.45) is 0 Å². The lowest BCUT2D eigenvalue weighted by atomic mass is 10.2. The Labute approximate surface area is 157 Å². The molecule has 4 rings (SSSR count). The third-order valence-corrected chi connectivity index (χ3v) is 4.53. The van der Waals surface area contributed by atoms with Gasteiger partial charge >= 0.3 is 0 Å². The van der Waals surface area contributed by atoms with Gasteiger partial charge in [0.25, 0.3) is 5.91 Å².